The number of nitrogens with one attached hydrogen (secondary N) is 2. The number of hydrogen-bond donors (Lipinski definition) is 2. The number of aryl methyl sites for hydroxylation is 1. The van der Waals surface area contributed by atoms with E-state index >= 15 is 0 Å². The first-order valence-electron chi connectivity index (χ1n) is 10.5. The van der Waals surface area contributed by atoms with E-state index in [9.17, 15) is 4.39 Å². The Morgan fingerprint density at radius 2 is 2.13 bits per heavy atom. The maximum Gasteiger partial charge on any atom is 0.191 e. The standard InChI is InChI=1S/C21H32FN7O/c1-4-20-27-25-15-29(20)12-9-24-21(23-2)26-17-7-10-28(11-8-17)14-16-5-6-19(30-3)18(22)13-16/h5-6,13,15,17H,4,7-12,14H2,1-3H3,(H2,23,24,26). The number of methoxy groups -OCH3 is 1. The molecule has 2 heterocycles. The van der Waals surface area contributed by atoms with Gasteiger partial charge in [-0.2, -0.15) is 0 Å². The Hall–Kier alpha value is -2.68. The summed E-state index contributed by atoms with van der Waals surface area (Å²) in [6.45, 7) is 6.30. The van der Waals surface area contributed by atoms with Gasteiger partial charge in [0, 0.05) is 52.2 Å². The fourth-order valence-electron chi connectivity index (χ4n) is 3.72. The average molecular weight is 418 g/mol. The summed E-state index contributed by atoms with van der Waals surface area (Å²) in [5.41, 5.74) is 0.970. The van der Waals surface area contributed by atoms with E-state index in [0.717, 1.165) is 69.3 Å². The molecular formula is C21H32FN7O. The van der Waals surface area contributed by atoms with Gasteiger partial charge in [0.1, 0.15) is 12.2 Å². The number of nitrogens with zero attached hydrogens (tertiary/aromatic N) is 5. The Labute approximate surface area is 177 Å². The van der Waals surface area contributed by atoms with Gasteiger partial charge in [-0.3, -0.25) is 9.89 Å². The predicted octanol–water partition coefficient (Wildman–Crippen LogP) is 1.82. The Morgan fingerprint density at radius 1 is 1.33 bits per heavy atom. The second-order valence-corrected chi connectivity index (χ2v) is 7.46. The minimum absolute atomic E-state index is 0.288. The summed E-state index contributed by atoms with van der Waals surface area (Å²) in [4.78, 5) is 6.70. The molecule has 0 amide bonds. The smallest absolute Gasteiger partial charge is 0.191 e. The fourth-order valence-corrected chi connectivity index (χ4v) is 3.72. The van der Waals surface area contributed by atoms with Gasteiger partial charge in [0.25, 0.3) is 0 Å². The molecule has 3 rings (SSSR count). The van der Waals surface area contributed by atoms with Crippen molar-refractivity contribution in [1.82, 2.24) is 30.3 Å². The summed E-state index contributed by atoms with van der Waals surface area (Å²) in [6, 6.07) is 5.56. The summed E-state index contributed by atoms with van der Waals surface area (Å²) in [6.07, 6.45) is 4.67. The molecule has 0 bridgehead atoms. The molecule has 1 fully saturated rings. The van der Waals surface area contributed by atoms with Crippen LogP contribution in [0.3, 0.4) is 0 Å². The third kappa shape index (κ3) is 5.91. The van der Waals surface area contributed by atoms with Crippen molar-refractivity contribution < 1.29 is 9.13 Å². The second kappa shape index (κ2) is 10.9. The molecule has 0 saturated carbocycles. The zero-order valence-electron chi connectivity index (χ0n) is 18.1. The molecule has 1 aliphatic heterocycles. The lowest BCUT2D eigenvalue weighted by Crippen LogP contribution is -2.49. The maximum atomic E-state index is 13.9. The van der Waals surface area contributed by atoms with Crippen LogP contribution in [0.4, 0.5) is 4.39 Å². The SMILES string of the molecule is CCc1nncn1CCNC(=NC)NC1CCN(Cc2ccc(OC)c(F)c2)CC1. The van der Waals surface area contributed by atoms with Gasteiger partial charge < -0.3 is 19.9 Å². The number of aromatic nitrogens is 3. The van der Waals surface area contributed by atoms with Gasteiger partial charge in [-0.15, -0.1) is 10.2 Å². The van der Waals surface area contributed by atoms with Crippen molar-refractivity contribution in [2.45, 2.75) is 45.3 Å². The number of guanidine groups is 1. The van der Waals surface area contributed by atoms with E-state index in [1.165, 1.54) is 7.11 Å². The van der Waals surface area contributed by atoms with Crippen LogP contribution >= 0.6 is 0 Å². The molecule has 1 saturated heterocycles. The maximum absolute atomic E-state index is 13.9. The normalized spacial score (nSPS) is 15.9. The molecule has 0 atom stereocenters. The van der Waals surface area contributed by atoms with Gasteiger partial charge in [0.15, 0.2) is 17.5 Å². The Balaban J connectivity index is 1.40. The molecule has 0 unspecified atom stereocenters. The predicted molar refractivity (Wildman–Crippen MR) is 115 cm³/mol. The fraction of sp³-hybridized carbons (Fsp3) is 0.571. The molecule has 2 N–H and O–H groups in total. The Kier molecular flexibility index (Phi) is 8.01. The van der Waals surface area contributed by atoms with Crippen LogP contribution in [0.25, 0.3) is 0 Å². The van der Waals surface area contributed by atoms with E-state index in [1.54, 1.807) is 25.5 Å². The summed E-state index contributed by atoms with van der Waals surface area (Å²) in [5, 5.41) is 15.0. The Bertz CT molecular complexity index is 831. The van der Waals surface area contributed by atoms with E-state index in [-0.39, 0.29) is 11.6 Å². The van der Waals surface area contributed by atoms with Crippen molar-refractivity contribution >= 4 is 5.96 Å². The first-order valence-corrected chi connectivity index (χ1v) is 10.5. The van der Waals surface area contributed by atoms with E-state index < -0.39 is 0 Å². The summed E-state index contributed by atoms with van der Waals surface area (Å²) < 4.78 is 20.9. The summed E-state index contributed by atoms with van der Waals surface area (Å²) in [5.74, 6) is 1.79. The number of piperidine rings is 1. The minimum atomic E-state index is -0.307. The molecule has 1 aliphatic rings. The van der Waals surface area contributed by atoms with Crippen molar-refractivity contribution in [3.63, 3.8) is 0 Å². The van der Waals surface area contributed by atoms with Crippen molar-refractivity contribution in [3.8, 4) is 5.75 Å². The van der Waals surface area contributed by atoms with Gasteiger partial charge >= 0.3 is 0 Å². The number of halogens is 1. The lowest BCUT2D eigenvalue weighted by molar-refractivity contribution is 0.198. The zero-order chi connectivity index (χ0) is 21.3. The molecule has 9 heteroatoms. The first kappa shape index (κ1) is 22.0. The highest BCUT2D eigenvalue weighted by atomic mass is 19.1. The van der Waals surface area contributed by atoms with Gasteiger partial charge in [-0.05, 0) is 30.5 Å². The van der Waals surface area contributed by atoms with Crippen LogP contribution < -0.4 is 15.4 Å². The van der Waals surface area contributed by atoms with Crippen LogP contribution in [0.5, 0.6) is 5.75 Å². The molecule has 30 heavy (non-hydrogen) atoms. The molecule has 1 aromatic carbocycles. The van der Waals surface area contributed by atoms with Crippen molar-refractivity contribution in [1.29, 1.82) is 0 Å². The number of aliphatic imine (C=N–C) groups is 1. The van der Waals surface area contributed by atoms with E-state index in [0.29, 0.717) is 6.04 Å². The van der Waals surface area contributed by atoms with Crippen LogP contribution in [0, 0.1) is 5.82 Å². The van der Waals surface area contributed by atoms with E-state index in [2.05, 4.69) is 42.2 Å². The number of hydrogen-bond acceptors (Lipinski definition) is 5. The molecule has 164 valence electrons. The zero-order valence-corrected chi connectivity index (χ0v) is 18.1. The monoisotopic (exact) mass is 417 g/mol. The highest BCUT2D eigenvalue weighted by Crippen LogP contribution is 2.20. The largest absolute Gasteiger partial charge is 0.494 e. The minimum Gasteiger partial charge on any atom is -0.494 e. The van der Waals surface area contributed by atoms with Crippen LogP contribution in [-0.4, -0.2) is 65.5 Å². The number of likely N-dealkylation sites (tertiary alicyclic amines) is 1. The van der Waals surface area contributed by atoms with Crippen LogP contribution in [0.15, 0.2) is 29.5 Å². The number of rotatable bonds is 8. The topological polar surface area (TPSA) is 79.6 Å². The quantitative estimate of drug-likeness (QED) is 0.504. The summed E-state index contributed by atoms with van der Waals surface area (Å²) in [7, 11) is 3.27. The van der Waals surface area contributed by atoms with Crippen LogP contribution in [-0.2, 0) is 19.5 Å². The van der Waals surface area contributed by atoms with E-state index in [4.69, 9.17) is 4.74 Å². The molecule has 2 aromatic rings. The van der Waals surface area contributed by atoms with Crippen molar-refractivity contribution in [2.24, 2.45) is 4.99 Å². The molecule has 0 spiro atoms. The molecule has 1 aromatic heterocycles. The molecule has 0 radical (unpaired) electrons. The van der Waals surface area contributed by atoms with Gasteiger partial charge in [0.05, 0.1) is 7.11 Å². The third-order valence-corrected chi connectivity index (χ3v) is 5.43. The highest BCUT2D eigenvalue weighted by molar-refractivity contribution is 5.79. The van der Waals surface area contributed by atoms with Gasteiger partial charge in [-0.25, -0.2) is 4.39 Å². The number of ether oxygens (including phenoxy) is 1. The third-order valence-electron chi connectivity index (χ3n) is 5.43. The number of benzene rings is 1. The van der Waals surface area contributed by atoms with Gasteiger partial charge in [-0.1, -0.05) is 13.0 Å². The van der Waals surface area contributed by atoms with Crippen LogP contribution in [0.1, 0.15) is 31.2 Å². The first-order chi connectivity index (χ1) is 14.6. The van der Waals surface area contributed by atoms with Crippen LogP contribution in [0.2, 0.25) is 0 Å². The second-order valence-electron chi connectivity index (χ2n) is 7.46. The lowest BCUT2D eigenvalue weighted by atomic mass is 10.0. The molecule has 0 aliphatic carbocycles. The average Bonchev–Trinajstić information content (AvgIpc) is 3.22. The van der Waals surface area contributed by atoms with E-state index in [1.807, 2.05) is 6.07 Å². The Morgan fingerprint density at radius 3 is 2.80 bits per heavy atom. The summed E-state index contributed by atoms with van der Waals surface area (Å²) >= 11 is 0. The lowest BCUT2D eigenvalue weighted by Gasteiger charge is -2.33. The molecule has 8 nitrogen and oxygen atoms in total. The molecular weight excluding hydrogens is 385 g/mol. The van der Waals surface area contributed by atoms with Gasteiger partial charge in [0.2, 0.25) is 0 Å². The van der Waals surface area contributed by atoms with Crippen molar-refractivity contribution in [3.05, 3.63) is 41.7 Å². The van der Waals surface area contributed by atoms with Crippen molar-refractivity contribution in [2.75, 3.05) is 33.8 Å². The highest BCUT2D eigenvalue weighted by Gasteiger charge is 2.20.